The first-order chi connectivity index (χ1) is 12.0. The van der Waals surface area contributed by atoms with E-state index in [1.807, 2.05) is 38.1 Å². The molecule has 0 aliphatic rings. The Hall–Kier alpha value is -2.40. The van der Waals surface area contributed by atoms with Gasteiger partial charge in [0, 0.05) is 22.1 Å². The molecule has 0 saturated heterocycles. The second-order valence-corrected chi connectivity index (χ2v) is 7.03. The van der Waals surface area contributed by atoms with Gasteiger partial charge in [-0.2, -0.15) is 0 Å². The van der Waals surface area contributed by atoms with E-state index in [0.717, 1.165) is 26.5 Å². The zero-order valence-electron chi connectivity index (χ0n) is 14.2. The van der Waals surface area contributed by atoms with Crippen LogP contribution in [-0.2, 0) is 6.42 Å². The Bertz CT molecular complexity index is 1010. The van der Waals surface area contributed by atoms with Crippen molar-refractivity contribution >= 4 is 32.7 Å². The number of aromatic amines is 1. The van der Waals surface area contributed by atoms with Crippen molar-refractivity contribution in [1.82, 2.24) is 10.3 Å². The summed E-state index contributed by atoms with van der Waals surface area (Å²) >= 11 is 3.35. The van der Waals surface area contributed by atoms with Crippen LogP contribution in [-0.4, -0.2) is 17.4 Å². The van der Waals surface area contributed by atoms with Crippen molar-refractivity contribution in [2.45, 2.75) is 20.3 Å². The minimum atomic E-state index is -0.148. The minimum Gasteiger partial charge on any atom is -0.352 e. The van der Waals surface area contributed by atoms with Crippen molar-refractivity contribution < 1.29 is 4.79 Å². The maximum absolute atomic E-state index is 12.3. The molecule has 25 heavy (non-hydrogen) atoms. The first-order valence-corrected chi connectivity index (χ1v) is 8.91. The fraction of sp³-hybridized carbons (Fsp3) is 0.200. The number of benzene rings is 2. The lowest BCUT2D eigenvalue weighted by Gasteiger charge is -2.09. The number of aryl methyl sites for hydroxylation is 2. The third-order valence-corrected chi connectivity index (χ3v) is 4.89. The molecular weight excluding hydrogens is 380 g/mol. The van der Waals surface area contributed by atoms with E-state index in [1.54, 1.807) is 12.1 Å². The standard InChI is InChI=1S/C20H19BrN2O2/c1-12-6-7-14-10-16(20(25)23-18(14)13(12)2)8-9-22-19(24)15-4-3-5-17(21)11-15/h3-7,10-11H,8-9H2,1-2H3,(H,22,24)(H,23,25). The molecule has 0 radical (unpaired) electrons. The maximum atomic E-state index is 12.3. The second kappa shape index (κ2) is 7.23. The van der Waals surface area contributed by atoms with Crippen molar-refractivity contribution in [1.29, 1.82) is 0 Å². The Labute approximate surface area is 154 Å². The summed E-state index contributed by atoms with van der Waals surface area (Å²) in [6.07, 6.45) is 0.484. The average molecular weight is 399 g/mol. The molecule has 0 aliphatic carbocycles. The summed E-state index contributed by atoms with van der Waals surface area (Å²) in [7, 11) is 0. The molecule has 5 heteroatoms. The first-order valence-electron chi connectivity index (χ1n) is 8.11. The quantitative estimate of drug-likeness (QED) is 0.700. The number of pyridine rings is 1. The molecule has 0 saturated carbocycles. The third-order valence-electron chi connectivity index (χ3n) is 4.39. The molecule has 1 amide bonds. The van der Waals surface area contributed by atoms with Gasteiger partial charge in [-0.3, -0.25) is 9.59 Å². The van der Waals surface area contributed by atoms with Crippen LogP contribution in [0, 0.1) is 13.8 Å². The number of nitrogens with one attached hydrogen (secondary N) is 2. The lowest BCUT2D eigenvalue weighted by Crippen LogP contribution is -2.27. The number of fused-ring (bicyclic) bond motifs is 1. The molecule has 0 atom stereocenters. The Morgan fingerprint density at radius 1 is 1.16 bits per heavy atom. The summed E-state index contributed by atoms with van der Waals surface area (Å²) in [4.78, 5) is 27.4. The highest BCUT2D eigenvalue weighted by molar-refractivity contribution is 9.10. The number of amides is 1. The van der Waals surface area contributed by atoms with Gasteiger partial charge >= 0.3 is 0 Å². The smallest absolute Gasteiger partial charge is 0.251 e. The lowest BCUT2D eigenvalue weighted by atomic mass is 10.0. The molecule has 4 nitrogen and oxygen atoms in total. The Morgan fingerprint density at radius 2 is 1.96 bits per heavy atom. The summed E-state index contributed by atoms with van der Waals surface area (Å²) in [6.45, 7) is 4.44. The second-order valence-electron chi connectivity index (χ2n) is 6.11. The number of halogens is 1. The normalized spacial score (nSPS) is 10.8. The van der Waals surface area contributed by atoms with Gasteiger partial charge in [0.1, 0.15) is 0 Å². The molecule has 2 aromatic carbocycles. The minimum absolute atomic E-state index is 0.0992. The number of aromatic nitrogens is 1. The van der Waals surface area contributed by atoms with Gasteiger partial charge in [-0.25, -0.2) is 0 Å². The maximum Gasteiger partial charge on any atom is 0.251 e. The first kappa shape index (κ1) is 17.4. The Morgan fingerprint density at radius 3 is 2.72 bits per heavy atom. The van der Waals surface area contributed by atoms with Gasteiger partial charge in [0.25, 0.3) is 11.5 Å². The molecule has 3 rings (SSSR count). The highest BCUT2D eigenvalue weighted by Crippen LogP contribution is 2.19. The van der Waals surface area contributed by atoms with E-state index >= 15 is 0 Å². The number of carbonyl (C=O) groups excluding carboxylic acids is 1. The monoisotopic (exact) mass is 398 g/mol. The highest BCUT2D eigenvalue weighted by Gasteiger charge is 2.08. The van der Waals surface area contributed by atoms with Crippen molar-refractivity contribution in [2.75, 3.05) is 6.54 Å². The van der Waals surface area contributed by atoms with Gasteiger partial charge in [-0.15, -0.1) is 0 Å². The number of rotatable bonds is 4. The summed E-state index contributed by atoms with van der Waals surface area (Å²) in [5.41, 5.74) is 4.28. The molecule has 1 heterocycles. The molecule has 0 unspecified atom stereocenters. The van der Waals surface area contributed by atoms with E-state index in [4.69, 9.17) is 0 Å². The fourth-order valence-corrected chi connectivity index (χ4v) is 3.20. The number of hydrogen-bond acceptors (Lipinski definition) is 2. The zero-order valence-corrected chi connectivity index (χ0v) is 15.7. The molecular formula is C20H19BrN2O2. The van der Waals surface area contributed by atoms with Crippen LogP contribution < -0.4 is 10.9 Å². The van der Waals surface area contributed by atoms with Gasteiger partial charge in [0.15, 0.2) is 0 Å². The molecule has 128 valence electrons. The largest absolute Gasteiger partial charge is 0.352 e. The number of hydrogen-bond donors (Lipinski definition) is 2. The van der Waals surface area contributed by atoms with E-state index in [1.165, 1.54) is 0 Å². The van der Waals surface area contributed by atoms with Crippen LogP contribution in [0.5, 0.6) is 0 Å². The Balaban J connectivity index is 1.73. The molecule has 0 bridgehead atoms. The van der Waals surface area contributed by atoms with Crippen molar-refractivity contribution in [3.63, 3.8) is 0 Å². The summed E-state index contributed by atoms with van der Waals surface area (Å²) in [5, 5.41) is 3.87. The molecule has 0 aliphatic heterocycles. The van der Waals surface area contributed by atoms with Gasteiger partial charge in [-0.1, -0.05) is 34.1 Å². The van der Waals surface area contributed by atoms with Crippen LogP contribution in [0.2, 0.25) is 0 Å². The van der Waals surface area contributed by atoms with E-state index in [9.17, 15) is 9.59 Å². The van der Waals surface area contributed by atoms with Crippen LogP contribution in [0.3, 0.4) is 0 Å². The van der Waals surface area contributed by atoms with E-state index < -0.39 is 0 Å². The van der Waals surface area contributed by atoms with Crippen molar-refractivity contribution in [3.8, 4) is 0 Å². The predicted octanol–water partition coefficient (Wildman–Crippen LogP) is 3.88. The van der Waals surface area contributed by atoms with Crippen LogP contribution >= 0.6 is 15.9 Å². The molecule has 1 aromatic heterocycles. The highest BCUT2D eigenvalue weighted by atomic mass is 79.9. The summed E-state index contributed by atoms with van der Waals surface area (Å²) in [5.74, 6) is -0.148. The molecule has 0 fully saturated rings. The van der Waals surface area contributed by atoms with Crippen LogP contribution in [0.25, 0.3) is 10.9 Å². The van der Waals surface area contributed by atoms with Gasteiger partial charge in [-0.05, 0) is 61.0 Å². The van der Waals surface area contributed by atoms with Gasteiger partial charge in [0.2, 0.25) is 0 Å². The van der Waals surface area contributed by atoms with Crippen molar-refractivity contribution in [3.05, 3.63) is 79.5 Å². The molecule has 0 spiro atoms. The summed E-state index contributed by atoms with van der Waals surface area (Å²) < 4.78 is 0.858. The topological polar surface area (TPSA) is 62.0 Å². The Kier molecular flexibility index (Phi) is 5.04. The third kappa shape index (κ3) is 3.82. The van der Waals surface area contributed by atoms with E-state index in [0.29, 0.717) is 24.1 Å². The van der Waals surface area contributed by atoms with Crippen LogP contribution in [0.1, 0.15) is 27.0 Å². The zero-order chi connectivity index (χ0) is 18.0. The average Bonchev–Trinajstić information content (AvgIpc) is 2.59. The van der Waals surface area contributed by atoms with E-state index in [-0.39, 0.29) is 11.5 Å². The van der Waals surface area contributed by atoms with Gasteiger partial charge in [0.05, 0.1) is 5.52 Å². The SMILES string of the molecule is Cc1ccc2cc(CCNC(=O)c3cccc(Br)c3)c(=O)[nH]c2c1C. The number of H-pyrrole nitrogens is 1. The van der Waals surface area contributed by atoms with Crippen molar-refractivity contribution in [2.24, 2.45) is 0 Å². The van der Waals surface area contributed by atoms with Crippen LogP contribution in [0.15, 0.2) is 51.7 Å². The fourth-order valence-electron chi connectivity index (χ4n) is 2.80. The lowest BCUT2D eigenvalue weighted by molar-refractivity contribution is 0.0954. The summed E-state index contributed by atoms with van der Waals surface area (Å²) in [6, 6.07) is 13.2. The van der Waals surface area contributed by atoms with Crippen LogP contribution in [0.4, 0.5) is 0 Å². The number of carbonyl (C=O) groups is 1. The van der Waals surface area contributed by atoms with Gasteiger partial charge < -0.3 is 10.3 Å². The molecule has 3 aromatic rings. The van der Waals surface area contributed by atoms with E-state index in [2.05, 4.69) is 32.3 Å². The molecule has 2 N–H and O–H groups in total. The predicted molar refractivity (Wildman–Crippen MR) is 104 cm³/mol.